The second-order valence-electron chi connectivity index (χ2n) is 5.44. The smallest absolute Gasteiger partial charge is 0.245 e. The lowest BCUT2D eigenvalue weighted by molar-refractivity contribution is -0.106. The van der Waals surface area contributed by atoms with Crippen LogP contribution in [0.25, 0.3) is 0 Å². The Morgan fingerprint density at radius 3 is 2.80 bits per heavy atom. The van der Waals surface area contributed by atoms with Crippen LogP contribution in [0.4, 0.5) is 0 Å². The highest BCUT2D eigenvalue weighted by atomic mass is 32.2. The lowest BCUT2D eigenvalue weighted by atomic mass is 9.91. The molecule has 0 radical (unpaired) electrons. The Balaban J connectivity index is 2.00. The highest BCUT2D eigenvalue weighted by Gasteiger charge is 2.53. The van der Waals surface area contributed by atoms with Gasteiger partial charge in [0.05, 0.1) is 11.5 Å². The Labute approximate surface area is 120 Å². The number of piperidine rings is 1. The van der Waals surface area contributed by atoms with Crippen molar-refractivity contribution in [1.82, 2.24) is 9.62 Å². The van der Waals surface area contributed by atoms with Crippen LogP contribution in [-0.2, 0) is 14.8 Å². The minimum atomic E-state index is -3.50. The molecule has 0 aliphatic carbocycles. The van der Waals surface area contributed by atoms with Crippen molar-refractivity contribution < 1.29 is 13.2 Å². The van der Waals surface area contributed by atoms with Gasteiger partial charge in [0.1, 0.15) is 5.72 Å². The van der Waals surface area contributed by atoms with Crippen molar-refractivity contribution in [3.8, 4) is 0 Å². The summed E-state index contributed by atoms with van der Waals surface area (Å²) < 4.78 is 33.2. The van der Waals surface area contributed by atoms with E-state index in [-0.39, 0.29) is 5.92 Å². The molecule has 2 fully saturated rings. The highest BCUT2D eigenvalue weighted by molar-refractivity contribution is 7.89. The molecule has 0 saturated carbocycles. The zero-order valence-corrected chi connectivity index (χ0v) is 12.4. The van der Waals surface area contributed by atoms with Crippen LogP contribution < -0.4 is 5.32 Å². The van der Waals surface area contributed by atoms with Crippen LogP contribution in [0.15, 0.2) is 35.2 Å². The molecular formula is C14H20N2O3S. The molecule has 20 heavy (non-hydrogen) atoms. The minimum Gasteiger partial charge on any atom is -0.358 e. The molecule has 110 valence electrons. The first kappa shape index (κ1) is 14.0. The van der Waals surface area contributed by atoms with Crippen molar-refractivity contribution in [2.24, 2.45) is 5.92 Å². The fraction of sp³-hybridized carbons (Fsp3) is 0.571. The highest BCUT2D eigenvalue weighted by Crippen LogP contribution is 2.39. The molecule has 1 N–H and O–H groups in total. The maximum Gasteiger partial charge on any atom is 0.245 e. The third-order valence-electron chi connectivity index (χ3n) is 4.28. The van der Waals surface area contributed by atoms with E-state index in [0.29, 0.717) is 24.5 Å². The molecule has 0 bridgehead atoms. The summed E-state index contributed by atoms with van der Waals surface area (Å²) in [5.41, 5.74) is -0.681. The number of benzene rings is 1. The summed E-state index contributed by atoms with van der Waals surface area (Å²) in [7, 11) is -3.50. The SMILES string of the molecule is CC1CNCCC12OCCN2S(=O)(=O)c1ccccc1. The summed E-state index contributed by atoms with van der Waals surface area (Å²) >= 11 is 0. The molecule has 2 heterocycles. The number of ether oxygens (including phenoxy) is 1. The standard InChI is InChI=1S/C14H20N2O3S/c1-12-11-15-8-7-14(12)16(9-10-19-14)20(17,18)13-5-3-2-4-6-13/h2-6,12,15H,7-11H2,1H3. The summed E-state index contributed by atoms with van der Waals surface area (Å²) in [5, 5.41) is 3.30. The van der Waals surface area contributed by atoms with E-state index < -0.39 is 15.7 Å². The van der Waals surface area contributed by atoms with Crippen molar-refractivity contribution in [2.75, 3.05) is 26.2 Å². The maximum atomic E-state index is 12.9. The first-order valence-corrected chi connectivity index (χ1v) is 8.44. The molecule has 1 spiro atoms. The van der Waals surface area contributed by atoms with Gasteiger partial charge in [-0.25, -0.2) is 8.42 Å². The molecular weight excluding hydrogens is 276 g/mol. The van der Waals surface area contributed by atoms with E-state index in [4.69, 9.17) is 4.74 Å². The average Bonchev–Trinajstić information content (AvgIpc) is 2.89. The molecule has 5 nitrogen and oxygen atoms in total. The third-order valence-corrected chi connectivity index (χ3v) is 6.22. The van der Waals surface area contributed by atoms with E-state index in [1.54, 1.807) is 28.6 Å². The Bertz CT molecular complexity index is 575. The fourth-order valence-electron chi connectivity index (χ4n) is 3.19. The zero-order valence-electron chi connectivity index (χ0n) is 11.6. The van der Waals surface area contributed by atoms with E-state index in [1.807, 2.05) is 13.0 Å². The molecule has 2 aliphatic rings. The Hall–Kier alpha value is -0.950. The summed E-state index contributed by atoms with van der Waals surface area (Å²) in [5.74, 6) is 0.136. The van der Waals surface area contributed by atoms with Gasteiger partial charge in [-0.1, -0.05) is 25.1 Å². The summed E-state index contributed by atoms with van der Waals surface area (Å²) in [4.78, 5) is 0.343. The Kier molecular flexibility index (Phi) is 3.58. The summed E-state index contributed by atoms with van der Waals surface area (Å²) in [6, 6.07) is 8.62. The number of sulfonamides is 1. The molecule has 2 atom stereocenters. The number of nitrogens with zero attached hydrogens (tertiary/aromatic N) is 1. The fourth-order valence-corrected chi connectivity index (χ4v) is 4.99. The Morgan fingerprint density at radius 1 is 1.35 bits per heavy atom. The molecule has 6 heteroatoms. The predicted molar refractivity (Wildman–Crippen MR) is 75.7 cm³/mol. The topological polar surface area (TPSA) is 58.6 Å². The predicted octanol–water partition coefficient (Wildman–Crippen LogP) is 1.03. The van der Waals surface area contributed by atoms with Gasteiger partial charge in [-0.2, -0.15) is 4.31 Å². The number of hydrogen-bond acceptors (Lipinski definition) is 4. The largest absolute Gasteiger partial charge is 0.358 e. The third kappa shape index (κ3) is 2.07. The van der Waals surface area contributed by atoms with Gasteiger partial charge in [0.2, 0.25) is 10.0 Å². The van der Waals surface area contributed by atoms with Gasteiger partial charge >= 0.3 is 0 Å². The first-order valence-electron chi connectivity index (χ1n) is 7.00. The van der Waals surface area contributed by atoms with Crippen LogP contribution in [0.2, 0.25) is 0 Å². The van der Waals surface area contributed by atoms with Gasteiger partial charge < -0.3 is 10.1 Å². The summed E-state index contributed by atoms with van der Waals surface area (Å²) in [6.45, 7) is 4.51. The van der Waals surface area contributed by atoms with E-state index >= 15 is 0 Å². The van der Waals surface area contributed by atoms with Crippen LogP contribution in [-0.4, -0.2) is 44.7 Å². The van der Waals surface area contributed by atoms with Crippen molar-refractivity contribution in [3.63, 3.8) is 0 Å². The van der Waals surface area contributed by atoms with E-state index in [2.05, 4.69) is 5.32 Å². The van der Waals surface area contributed by atoms with E-state index in [0.717, 1.165) is 13.1 Å². The lowest BCUT2D eigenvalue weighted by Gasteiger charge is -2.44. The van der Waals surface area contributed by atoms with Crippen molar-refractivity contribution in [3.05, 3.63) is 30.3 Å². The molecule has 0 amide bonds. The van der Waals surface area contributed by atoms with E-state index in [1.165, 1.54) is 0 Å². The molecule has 3 rings (SSSR count). The molecule has 1 aromatic rings. The van der Waals surface area contributed by atoms with Gasteiger partial charge in [-0.15, -0.1) is 0 Å². The Morgan fingerprint density at radius 2 is 2.10 bits per heavy atom. The van der Waals surface area contributed by atoms with Crippen LogP contribution >= 0.6 is 0 Å². The van der Waals surface area contributed by atoms with Crippen LogP contribution in [0.5, 0.6) is 0 Å². The zero-order chi connectivity index (χ0) is 14.2. The second kappa shape index (κ2) is 5.11. The monoisotopic (exact) mass is 296 g/mol. The van der Waals surface area contributed by atoms with Crippen molar-refractivity contribution in [1.29, 1.82) is 0 Å². The quantitative estimate of drug-likeness (QED) is 0.886. The summed E-state index contributed by atoms with van der Waals surface area (Å²) in [6.07, 6.45) is 0.695. The van der Waals surface area contributed by atoms with Crippen LogP contribution in [0.3, 0.4) is 0 Å². The molecule has 2 unspecified atom stereocenters. The molecule has 1 aromatic carbocycles. The van der Waals surface area contributed by atoms with Gasteiger partial charge in [0, 0.05) is 25.4 Å². The van der Waals surface area contributed by atoms with Gasteiger partial charge in [0.15, 0.2) is 0 Å². The lowest BCUT2D eigenvalue weighted by Crippen LogP contribution is -2.59. The molecule has 0 aromatic heterocycles. The number of hydrogen-bond donors (Lipinski definition) is 1. The maximum absolute atomic E-state index is 12.9. The number of nitrogens with one attached hydrogen (secondary N) is 1. The van der Waals surface area contributed by atoms with Crippen LogP contribution in [0.1, 0.15) is 13.3 Å². The van der Waals surface area contributed by atoms with Gasteiger partial charge in [0.25, 0.3) is 0 Å². The average molecular weight is 296 g/mol. The second-order valence-corrected chi connectivity index (χ2v) is 7.30. The molecule has 2 saturated heterocycles. The van der Waals surface area contributed by atoms with E-state index in [9.17, 15) is 8.42 Å². The van der Waals surface area contributed by atoms with Crippen molar-refractivity contribution in [2.45, 2.75) is 24.0 Å². The minimum absolute atomic E-state index is 0.136. The van der Waals surface area contributed by atoms with Gasteiger partial charge in [-0.3, -0.25) is 0 Å². The van der Waals surface area contributed by atoms with Gasteiger partial charge in [-0.05, 0) is 18.7 Å². The number of rotatable bonds is 2. The van der Waals surface area contributed by atoms with Crippen molar-refractivity contribution >= 4 is 10.0 Å². The first-order chi connectivity index (χ1) is 9.57. The van der Waals surface area contributed by atoms with Crippen LogP contribution in [0, 0.1) is 5.92 Å². The molecule has 2 aliphatic heterocycles. The normalized spacial score (nSPS) is 31.8.